The molecule has 0 aliphatic rings. The standard InChI is InChI=1S/C20H38N2O4/c1-7-21(3,4)13-17(23)15-25-19-10-9-11-20(12-19)26-16-18(24)14-22(5,6)8-2/h9-12,17-18,23-24H,7-8,13-16H2,1-6H3/q+2. The average Bonchev–Trinajstić information content (AvgIpc) is 2.58. The number of aliphatic hydroxyl groups is 2. The third-order valence-corrected chi connectivity index (χ3v) is 4.81. The van der Waals surface area contributed by atoms with E-state index < -0.39 is 12.2 Å². The molecule has 2 N–H and O–H groups in total. The number of hydrogen-bond donors (Lipinski definition) is 2. The molecule has 2 unspecified atom stereocenters. The highest BCUT2D eigenvalue weighted by atomic mass is 16.5. The molecule has 26 heavy (non-hydrogen) atoms. The van der Waals surface area contributed by atoms with Gasteiger partial charge in [0, 0.05) is 6.07 Å². The van der Waals surface area contributed by atoms with Gasteiger partial charge < -0.3 is 28.7 Å². The largest absolute Gasteiger partial charge is 0.491 e. The lowest BCUT2D eigenvalue weighted by atomic mass is 10.3. The number of quaternary nitrogens is 2. The molecule has 0 heterocycles. The van der Waals surface area contributed by atoms with E-state index >= 15 is 0 Å². The van der Waals surface area contributed by atoms with E-state index in [1.54, 1.807) is 6.07 Å². The molecule has 1 aromatic rings. The third-order valence-electron chi connectivity index (χ3n) is 4.81. The zero-order chi connectivity index (χ0) is 19.8. The topological polar surface area (TPSA) is 58.9 Å². The van der Waals surface area contributed by atoms with Gasteiger partial charge in [-0.3, -0.25) is 0 Å². The molecule has 0 fully saturated rings. The molecular weight excluding hydrogens is 332 g/mol. The summed E-state index contributed by atoms with van der Waals surface area (Å²) < 4.78 is 12.9. The minimum absolute atomic E-state index is 0.246. The summed E-state index contributed by atoms with van der Waals surface area (Å²) in [5.41, 5.74) is 0. The molecule has 150 valence electrons. The van der Waals surface area contributed by atoms with Gasteiger partial charge in [-0.05, 0) is 26.0 Å². The first-order chi connectivity index (χ1) is 12.1. The summed E-state index contributed by atoms with van der Waals surface area (Å²) in [6.07, 6.45) is -1.05. The minimum atomic E-state index is -0.523. The molecule has 0 radical (unpaired) electrons. The molecule has 0 aliphatic heterocycles. The van der Waals surface area contributed by atoms with Crippen LogP contribution in [0.15, 0.2) is 24.3 Å². The van der Waals surface area contributed by atoms with Gasteiger partial charge in [0.1, 0.15) is 50.0 Å². The van der Waals surface area contributed by atoms with Crippen LogP contribution in [0.5, 0.6) is 11.5 Å². The van der Waals surface area contributed by atoms with Gasteiger partial charge in [-0.25, -0.2) is 0 Å². The van der Waals surface area contributed by atoms with Crippen LogP contribution in [-0.2, 0) is 0 Å². The normalized spacial score (nSPS) is 14.8. The fourth-order valence-corrected chi connectivity index (χ4v) is 2.54. The average molecular weight is 371 g/mol. The van der Waals surface area contributed by atoms with Crippen molar-refractivity contribution in [3.05, 3.63) is 24.3 Å². The molecule has 0 bridgehead atoms. The van der Waals surface area contributed by atoms with Crippen LogP contribution in [0.2, 0.25) is 0 Å². The highest BCUT2D eigenvalue weighted by Crippen LogP contribution is 2.20. The van der Waals surface area contributed by atoms with Gasteiger partial charge in [-0.2, -0.15) is 0 Å². The van der Waals surface area contributed by atoms with Crippen molar-refractivity contribution in [1.29, 1.82) is 0 Å². The lowest BCUT2D eigenvalue weighted by Crippen LogP contribution is -2.46. The van der Waals surface area contributed by atoms with Crippen molar-refractivity contribution in [1.82, 2.24) is 0 Å². The quantitative estimate of drug-likeness (QED) is 0.546. The molecule has 1 rings (SSSR count). The molecule has 0 saturated heterocycles. The van der Waals surface area contributed by atoms with Gasteiger partial charge in [0.05, 0.1) is 41.3 Å². The number of aliphatic hydroxyl groups excluding tert-OH is 2. The maximum atomic E-state index is 10.1. The zero-order valence-electron chi connectivity index (χ0n) is 17.3. The third kappa shape index (κ3) is 8.85. The summed E-state index contributed by atoms with van der Waals surface area (Å²) in [6.45, 7) is 7.89. The lowest BCUT2D eigenvalue weighted by Gasteiger charge is -2.30. The van der Waals surface area contributed by atoms with Gasteiger partial charge in [0.2, 0.25) is 0 Å². The van der Waals surface area contributed by atoms with Gasteiger partial charge in [0.15, 0.2) is 0 Å². The molecule has 0 amide bonds. The highest BCUT2D eigenvalue weighted by molar-refractivity contribution is 5.32. The number of benzene rings is 1. The van der Waals surface area contributed by atoms with Gasteiger partial charge >= 0.3 is 0 Å². The Labute approximate surface area is 158 Å². The van der Waals surface area contributed by atoms with Crippen LogP contribution in [0.3, 0.4) is 0 Å². The Hall–Kier alpha value is -1.34. The second-order valence-electron chi connectivity index (χ2n) is 8.27. The first-order valence-electron chi connectivity index (χ1n) is 9.42. The number of likely N-dealkylation sites (N-methyl/N-ethyl adjacent to an activating group) is 2. The van der Waals surface area contributed by atoms with Gasteiger partial charge in [0.25, 0.3) is 0 Å². The van der Waals surface area contributed by atoms with E-state index in [9.17, 15) is 10.2 Å². The Morgan fingerprint density at radius 1 is 0.808 bits per heavy atom. The first kappa shape index (κ1) is 22.7. The molecule has 1 aromatic carbocycles. The van der Waals surface area contributed by atoms with E-state index in [2.05, 4.69) is 42.0 Å². The van der Waals surface area contributed by atoms with Crippen LogP contribution in [0.4, 0.5) is 0 Å². The molecular formula is C20H38N2O4+2. The van der Waals surface area contributed by atoms with Crippen LogP contribution in [0.1, 0.15) is 13.8 Å². The predicted octanol–water partition coefficient (Wildman–Crippen LogP) is 1.36. The maximum absolute atomic E-state index is 10.1. The summed E-state index contributed by atoms with van der Waals surface area (Å²) in [5, 5.41) is 20.3. The summed E-state index contributed by atoms with van der Waals surface area (Å²) in [4.78, 5) is 0. The van der Waals surface area contributed by atoms with Crippen molar-refractivity contribution >= 4 is 0 Å². The molecule has 6 nitrogen and oxygen atoms in total. The zero-order valence-corrected chi connectivity index (χ0v) is 17.3. The van der Waals surface area contributed by atoms with Crippen LogP contribution in [0, 0.1) is 0 Å². The van der Waals surface area contributed by atoms with Crippen molar-refractivity contribution in [2.45, 2.75) is 26.1 Å². The first-order valence-corrected chi connectivity index (χ1v) is 9.42. The van der Waals surface area contributed by atoms with Crippen LogP contribution >= 0.6 is 0 Å². The Kier molecular flexibility index (Phi) is 8.83. The molecule has 0 aliphatic carbocycles. The fourth-order valence-electron chi connectivity index (χ4n) is 2.54. The summed E-state index contributed by atoms with van der Waals surface area (Å²) in [5.74, 6) is 1.31. The fraction of sp³-hybridized carbons (Fsp3) is 0.700. The van der Waals surface area contributed by atoms with Crippen molar-refractivity contribution in [2.75, 3.05) is 67.6 Å². The molecule has 0 spiro atoms. The second-order valence-corrected chi connectivity index (χ2v) is 8.27. The van der Waals surface area contributed by atoms with E-state index in [0.717, 1.165) is 22.1 Å². The molecule has 6 heteroatoms. The minimum Gasteiger partial charge on any atom is -0.491 e. The van der Waals surface area contributed by atoms with Crippen LogP contribution in [-0.4, -0.2) is 99.0 Å². The lowest BCUT2D eigenvalue weighted by molar-refractivity contribution is -0.891. The van der Waals surface area contributed by atoms with Gasteiger partial charge in [-0.15, -0.1) is 0 Å². The molecule has 0 saturated carbocycles. The Balaban J connectivity index is 2.47. The Morgan fingerprint density at radius 3 is 1.54 bits per heavy atom. The number of rotatable bonds is 12. The van der Waals surface area contributed by atoms with E-state index in [4.69, 9.17) is 9.47 Å². The SMILES string of the molecule is CC[N+](C)(C)CC(O)COc1cccc(OCC(O)C[N+](C)(C)CC)c1. The van der Waals surface area contributed by atoms with Crippen molar-refractivity contribution in [2.24, 2.45) is 0 Å². The maximum Gasteiger partial charge on any atom is 0.137 e. The van der Waals surface area contributed by atoms with E-state index in [1.807, 2.05) is 18.2 Å². The number of hydrogen-bond acceptors (Lipinski definition) is 4. The molecule has 0 aromatic heterocycles. The van der Waals surface area contributed by atoms with Crippen molar-refractivity contribution in [3.63, 3.8) is 0 Å². The number of ether oxygens (including phenoxy) is 2. The predicted molar refractivity (Wildman–Crippen MR) is 104 cm³/mol. The van der Waals surface area contributed by atoms with Crippen molar-refractivity contribution in [3.8, 4) is 11.5 Å². The molecule has 2 atom stereocenters. The summed E-state index contributed by atoms with van der Waals surface area (Å²) in [6, 6.07) is 7.32. The monoisotopic (exact) mass is 370 g/mol. The Morgan fingerprint density at radius 2 is 1.19 bits per heavy atom. The van der Waals surface area contributed by atoms with E-state index in [0.29, 0.717) is 24.6 Å². The smallest absolute Gasteiger partial charge is 0.137 e. The summed E-state index contributed by atoms with van der Waals surface area (Å²) in [7, 11) is 8.34. The second kappa shape index (κ2) is 10.1. The highest BCUT2D eigenvalue weighted by Gasteiger charge is 2.20. The van der Waals surface area contributed by atoms with Crippen LogP contribution < -0.4 is 9.47 Å². The van der Waals surface area contributed by atoms with E-state index in [1.165, 1.54) is 0 Å². The Bertz CT molecular complexity index is 491. The van der Waals surface area contributed by atoms with Crippen LogP contribution in [0.25, 0.3) is 0 Å². The van der Waals surface area contributed by atoms with Crippen molar-refractivity contribution < 1.29 is 28.7 Å². The van der Waals surface area contributed by atoms with E-state index in [-0.39, 0.29) is 13.2 Å². The van der Waals surface area contributed by atoms with Gasteiger partial charge in [-0.1, -0.05) is 6.07 Å². The summed E-state index contributed by atoms with van der Waals surface area (Å²) >= 11 is 0. The number of nitrogens with zero attached hydrogens (tertiary/aromatic N) is 2.